The fraction of sp³-hybridized carbons (Fsp3) is 0.273. The van der Waals surface area contributed by atoms with Crippen LogP contribution in [0.1, 0.15) is 17.3 Å². The highest BCUT2D eigenvalue weighted by Gasteiger charge is 2.09. The molecule has 0 aliphatic carbocycles. The summed E-state index contributed by atoms with van der Waals surface area (Å²) >= 11 is 0. The molecule has 0 bridgehead atoms. The van der Waals surface area contributed by atoms with Crippen molar-refractivity contribution >= 4 is 16.9 Å². The number of nitrogens with zero attached hydrogens (tertiary/aromatic N) is 1. The molecule has 1 unspecified atom stereocenters. The molecule has 2 aromatic rings. The van der Waals surface area contributed by atoms with Gasteiger partial charge >= 0.3 is 0 Å². The van der Waals surface area contributed by atoms with Crippen molar-refractivity contribution < 1.29 is 4.79 Å². The van der Waals surface area contributed by atoms with Crippen molar-refractivity contribution in [2.75, 3.05) is 6.54 Å². The third kappa shape index (κ3) is 2.04. The Morgan fingerprint density at radius 3 is 3.19 bits per heavy atom. The fourth-order valence-corrected chi connectivity index (χ4v) is 1.44. The number of imidazole rings is 1. The zero-order chi connectivity index (χ0) is 11.5. The third-order valence-electron chi connectivity index (χ3n) is 2.41. The fourth-order valence-electron chi connectivity index (χ4n) is 1.44. The average molecular weight is 218 g/mol. The lowest BCUT2D eigenvalue weighted by Crippen LogP contribution is -2.37. The highest BCUT2D eigenvalue weighted by molar-refractivity contribution is 5.97. The highest BCUT2D eigenvalue weighted by Crippen LogP contribution is 2.11. The number of H-pyrrole nitrogens is 1. The number of aromatic amines is 1. The van der Waals surface area contributed by atoms with Gasteiger partial charge in [0, 0.05) is 18.2 Å². The van der Waals surface area contributed by atoms with Gasteiger partial charge in [-0.1, -0.05) is 0 Å². The van der Waals surface area contributed by atoms with E-state index in [1.807, 2.05) is 13.0 Å². The molecule has 5 nitrogen and oxygen atoms in total. The van der Waals surface area contributed by atoms with Gasteiger partial charge in [-0.3, -0.25) is 4.79 Å². The first-order valence-corrected chi connectivity index (χ1v) is 5.15. The molecule has 1 aromatic carbocycles. The van der Waals surface area contributed by atoms with E-state index in [9.17, 15) is 4.79 Å². The Bertz CT molecular complexity index is 505. The maximum Gasteiger partial charge on any atom is 0.251 e. The molecule has 1 heterocycles. The molecule has 1 amide bonds. The molecule has 0 aliphatic rings. The molecular formula is C11H14N4O. The molecule has 0 saturated heterocycles. The lowest BCUT2D eigenvalue weighted by Gasteiger charge is -2.10. The number of hydrogen-bond donors (Lipinski definition) is 3. The van der Waals surface area contributed by atoms with E-state index in [-0.39, 0.29) is 11.9 Å². The highest BCUT2D eigenvalue weighted by atomic mass is 16.1. The van der Waals surface area contributed by atoms with Crippen molar-refractivity contribution in [2.45, 2.75) is 13.0 Å². The normalized spacial score (nSPS) is 12.6. The Hall–Kier alpha value is -1.88. The van der Waals surface area contributed by atoms with E-state index < -0.39 is 0 Å². The minimum atomic E-state index is -0.116. The zero-order valence-corrected chi connectivity index (χ0v) is 9.03. The minimum Gasteiger partial charge on any atom is -0.348 e. The lowest BCUT2D eigenvalue weighted by atomic mass is 10.2. The Balaban J connectivity index is 2.22. The molecule has 0 aliphatic heterocycles. The molecule has 0 radical (unpaired) electrons. The molecule has 16 heavy (non-hydrogen) atoms. The van der Waals surface area contributed by atoms with Crippen molar-refractivity contribution in [2.24, 2.45) is 5.73 Å². The Labute approximate surface area is 93.1 Å². The second kappa shape index (κ2) is 4.32. The number of rotatable bonds is 3. The molecule has 0 spiro atoms. The van der Waals surface area contributed by atoms with Gasteiger partial charge in [-0.05, 0) is 25.1 Å². The van der Waals surface area contributed by atoms with Crippen LogP contribution in [0.15, 0.2) is 24.5 Å². The van der Waals surface area contributed by atoms with Crippen LogP contribution in [0, 0.1) is 0 Å². The maximum absolute atomic E-state index is 11.8. The van der Waals surface area contributed by atoms with Gasteiger partial charge in [0.1, 0.15) is 0 Å². The van der Waals surface area contributed by atoms with Gasteiger partial charge in [-0.15, -0.1) is 0 Å². The minimum absolute atomic E-state index is 0.0232. The number of nitrogens with one attached hydrogen (secondary N) is 2. The van der Waals surface area contributed by atoms with E-state index in [1.54, 1.807) is 18.5 Å². The van der Waals surface area contributed by atoms with Gasteiger partial charge in [-0.25, -0.2) is 4.98 Å². The van der Waals surface area contributed by atoms with Crippen LogP contribution in [0.25, 0.3) is 11.0 Å². The summed E-state index contributed by atoms with van der Waals surface area (Å²) in [6, 6.07) is 5.32. The van der Waals surface area contributed by atoms with Crippen molar-refractivity contribution in [3.63, 3.8) is 0 Å². The van der Waals surface area contributed by atoms with Gasteiger partial charge in [0.25, 0.3) is 5.91 Å². The van der Waals surface area contributed by atoms with Gasteiger partial charge in [0.05, 0.1) is 17.4 Å². The van der Waals surface area contributed by atoms with Crippen molar-refractivity contribution in [1.82, 2.24) is 15.3 Å². The first-order chi connectivity index (χ1) is 7.70. The summed E-state index contributed by atoms with van der Waals surface area (Å²) < 4.78 is 0. The SMILES string of the molecule is CC(CN)NC(=O)c1ccc2nc[nH]c2c1. The molecule has 84 valence electrons. The number of fused-ring (bicyclic) bond motifs is 1. The van der Waals surface area contributed by atoms with Gasteiger partial charge in [-0.2, -0.15) is 0 Å². The van der Waals surface area contributed by atoms with Crippen molar-refractivity contribution in [1.29, 1.82) is 0 Å². The van der Waals surface area contributed by atoms with Crippen LogP contribution in [0.5, 0.6) is 0 Å². The number of carbonyl (C=O) groups excluding carboxylic acids is 1. The summed E-state index contributed by atoms with van der Waals surface area (Å²) in [4.78, 5) is 18.8. The number of carbonyl (C=O) groups is 1. The van der Waals surface area contributed by atoms with E-state index in [0.717, 1.165) is 11.0 Å². The van der Waals surface area contributed by atoms with Crippen LogP contribution in [-0.4, -0.2) is 28.5 Å². The standard InChI is InChI=1S/C11H14N4O/c1-7(5-12)15-11(16)8-2-3-9-10(4-8)14-6-13-9/h2-4,6-7H,5,12H2,1H3,(H,13,14)(H,15,16). The molecule has 5 heteroatoms. The zero-order valence-electron chi connectivity index (χ0n) is 9.03. The Morgan fingerprint density at radius 2 is 2.44 bits per heavy atom. The van der Waals surface area contributed by atoms with E-state index in [0.29, 0.717) is 12.1 Å². The smallest absolute Gasteiger partial charge is 0.251 e. The van der Waals surface area contributed by atoms with E-state index >= 15 is 0 Å². The largest absolute Gasteiger partial charge is 0.348 e. The second-order valence-electron chi connectivity index (χ2n) is 3.74. The Kier molecular flexibility index (Phi) is 2.87. The van der Waals surface area contributed by atoms with Gasteiger partial charge < -0.3 is 16.0 Å². The first-order valence-electron chi connectivity index (χ1n) is 5.15. The van der Waals surface area contributed by atoms with Gasteiger partial charge in [0.2, 0.25) is 0 Å². The van der Waals surface area contributed by atoms with Crippen LogP contribution in [0.2, 0.25) is 0 Å². The summed E-state index contributed by atoms with van der Waals surface area (Å²) in [5.41, 5.74) is 7.75. The Morgan fingerprint density at radius 1 is 1.62 bits per heavy atom. The topological polar surface area (TPSA) is 83.8 Å². The maximum atomic E-state index is 11.8. The predicted octanol–water partition coefficient (Wildman–Crippen LogP) is 0.640. The van der Waals surface area contributed by atoms with Crippen molar-refractivity contribution in [3.05, 3.63) is 30.1 Å². The summed E-state index contributed by atoms with van der Waals surface area (Å²) in [7, 11) is 0. The van der Waals surface area contributed by atoms with E-state index in [2.05, 4.69) is 15.3 Å². The van der Waals surface area contributed by atoms with E-state index in [4.69, 9.17) is 5.73 Å². The van der Waals surface area contributed by atoms with Crippen LogP contribution in [0.3, 0.4) is 0 Å². The molecular weight excluding hydrogens is 204 g/mol. The number of hydrogen-bond acceptors (Lipinski definition) is 3. The van der Waals surface area contributed by atoms with Gasteiger partial charge in [0.15, 0.2) is 0 Å². The van der Waals surface area contributed by atoms with Crippen LogP contribution < -0.4 is 11.1 Å². The summed E-state index contributed by atoms with van der Waals surface area (Å²) in [6.07, 6.45) is 1.61. The molecule has 2 rings (SSSR count). The van der Waals surface area contributed by atoms with Crippen molar-refractivity contribution in [3.8, 4) is 0 Å². The summed E-state index contributed by atoms with van der Waals surface area (Å²) in [5.74, 6) is -0.116. The molecule has 4 N–H and O–H groups in total. The molecule has 1 atom stereocenters. The molecule has 0 saturated carbocycles. The quantitative estimate of drug-likeness (QED) is 0.706. The van der Waals surface area contributed by atoms with Crippen LogP contribution in [-0.2, 0) is 0 Å². The average Bonchev–Trinajstić information content (AvgIpc) is 2.75. The number of amides is 1. The number of aromatic nitrogens is 2. The molecule has 1 aromatic heterocycles. The summed E-state index contributed by atoms with van der Waals surface area (Å²) in [6.45, 7) is 2.30. The van der Waals surface area contributed by atoms with Crippen LogP contribution in [0.4, 0.5) is 0 Å². The lowest BCUT2D eigenvalue weighted by molar-refractivity contribution is 0.0941. The molecule has 0 fully saturated rings. The number of nitrogens with two attached hydrogens (primary N) is 1. The second-order valence-corrected chi connectivity index (χ2v) is 3.74. The number of benzene rings is 1. The monoisotopic (exact) mass is 218 g/mol. The first kappa shape index (κ1) is 10.6. The summed E-state index contributed by atoms with van der Waals surface area (Å²) in [5, 5.41) is 2.80. The van der Waals surface area contributed by atoms with E-state index in [1.165, 1.54) is 0 Å². The van der Waals surface area contributed by atoms with Crippen LogP contribution >= 0.6 is 0 Å². The third-order valence-corrected chi connectivity index (χ3v) is 2.41. The predicted molar refractivity (Wildman–Crippen MR) is 62.1 cm³/mol.